The molecule has 0 aliphatic carbocycles. The Labute approximate surface area is 161 Å². The van der Waals surface area contributed by atoms with Crippen molar-refractivity contribution in [2.45, 2.75) is 13.8 Å². The third-order valence-corrected chi connectivity index (χ3v) is 3.71. The van der Waals surface area contributed by atoms with Gasteiger partial charge in [-0.2, -0.15) is 10.5 Å². The molecule has 0 atom stereocenters. The van der Waals surface area contributed by atoms with Crippen LogP contribution in [0.15, 0.2) is 36.4 Å². The van der Waals surface area contributed by atoms with Gasteiger partial charge in [0, 0.05) is 11.1 Å². The van der Waals surface area contributed by atoms with E-state index in [2.05, 4.69) is 0 Å². The summed E-state index contributed by atoms with van der Waals surface area (Å²) >= 11 is 0. The number of aldehydes is 2. The van der Waals surface area contributed by atoms with Crippen molar-refractivity contribution in [3.8, 4) is 12.1 Å². The van der Waals surface area contributed by atoms with E-state index in [9.17, 15) is 18.4 Å². The molecule has 0 spiro atoms. The number of carbonyl (C=O) groups excluding carboxylic acids is 2. The van der Waals surface area contributed by atoms with Crippen LogP contribution >= 0.6 is 0 Å². The molecule has 4 nitrogen and oxygen atoms in total. The van der Waals surface area contributed by atoms with Gasteiger partial charge in [0.15, 0.2) is 0 Å². The zero-order valence-electron chi connectivity index (χ0n) is 15.2. The quantitative estimate of drug-likeness (QED) is 0.582. The molecule has 2 aromatic rings. The number of benzene rings is 2. The van der Waals surface area contributed by atoms with Crippen molar-refractivity contribution in [1.29, 1.82) is 10.5 Å². The van der Waals surface area contributed by atoms with Crippen molar-refractivity contribution in [3.63, 3.8) is 0 Å². The fourth-order valence-electron chi connectivity index (χ4n) is 2.13. The van der Waals surface area contributed by atoms with Crippen LogP contribution in [0.1, 0.15) is 33.4 Å². The monoisotopic (exact) mass is 378 g/mol. The highest BCUT2D eigenvalue weighted by Gasteiger charge is 2.05. The summed E-state index contributed by atoms with van der Waals surface area (Å²) < 4.78 is 26.4. The third kappa shape index (κ3) is 6.12. The largest absolute Gasteiger partial charge is 0.299 e. The molecular formula is C22H16F2N2O2. The molecular weight excluding hydrogens is 362 g/mol. The van der Waals surface area contributed by atoms with Gasteiger partial charge < -0.3 is 0 Å². The number of nitriles is 2. The average molecular weight is 378 g/mol. The number of allylic oxidation sites excluding steroid dienone is 2. The lowest BCUT2D eigenvalue weighted by molar-refractivity contribution is -0.104. The normalized spacial score (nSPS) is 10.1. The van der Waals surface area contributed by atoms with Crippen LogP contribution < -0.4 is 0 Å². The zero-order valence-corrected chi connectivity index (χ0v) is 15.2. The van der Waals surface area contributed by atoms with E-state index in [0.717, 1.165) is 0 Å². The van der Waals surface area contributed by atoms with Gasteiger partial charge in [-0.05, 0) is 61.4 Å². The van der Waals surface area contributed by atoms with Crippen LogP contribution in [0.5, 0.6) is 0 Å². The first-order valence-corrected chi connectivity index (χ1v) is 8.02. The van der Waals surface area contributed by atoms with Crippen molar-refractivity contribution >= 4 is 24.7 Å². The molecule has 2 aromatic carbocycles. The number of nitrogens with zero attached hydrogens (tertiary/aromatic N) is 2. The van der Waals surface area contributed by atoms with E-state index in [1.807, 2.05) is 12.1 Å². The van der Waals surface area contributed by atoms with Crippen LogP contribution in [-0.4, -0.2) is 12.6 Å². The van der Waals surface area contributed by atoms with Crippen LogP contribution in [0.2, 0.25) is 0 Å². The van der Waals surface area contributed by atoms with Gasteiger partial charge in [-0.25, -0.2) is 8.78 Å². The summed E-state index contributed by atoms with van der Waals surface area (Å²) in [4.78, 5) is 20.1. The molecule has 2 rings (SSSR count). The number of hydrogen-bond acceptors (Lipinski definition) is 4. The van der Waals surface area contributed by atoms with E-state index in [-0.39, 0.29) is 11.1 Å². The van der Waals surface area contributed by atoms with Gasteiger partial charge in [0.25, 0.3) is 0 Å². The van der Waals surface area contributed by atoms with Gasteiger partial charge in [-0.15, -0.1) is 0 Å². The van der Waals surface area contributed by atoms with Crippen molar-refractivity contribution < 1.29 is 18.4 Å². The minimum Gasteiger partial charge on any atom is -0.299 e. The molecule has 0 bridgehead atoms. The molecule has 0 saturated carbocycles. The molecule has 0 aromatic heterocycles. The molecule has 0 N–H and O–H groups in total. The van der Waals surface area contributed by atoms with Gasteiger partial charge in [0.1, 0.15) is 24.2 Å². The lowest BCUT2D eigenvalue weighted by Crippen LogP contribution is -1.89. The Kier molecular flexibility index (Phi) is 8.66. The second-order valence-electron chi connectivity index (χ2n) is 5.56. The lowest BCUT2D eigenvalue weighted by atomic mass is 10.1. The lowest BCUT2D eigenvalue weighted by Gasteiger charge is -2.00. The first-order valence-electron chi connectivity index (χ1n) is 8.02. The van der Waals surface area contributed by atoms with E-state index in [0.29, 0.717) is 34.8 Å². The van der Waals surface area contributed by atoms with Crippen molar-refractivity contribution in [3.05, 3.63) is 81.4 Å². The fourth-order valence-corrected chi connectivity index (χ4v) is 2.13. The molecule has 28 heavy (non-hydrogen) atoms. The van der Waals surface area contributed by atoms with Gasteiger partial charge in [0.2, 0.25) is 0 Å². The smallest absolute Gasteiger partial charge is 0.142 e. The van der Waals surface area contributed by atoms with Crippen molar-refractivity contribution in [2.24, 2.45) is 0 Å². The summed E-state index contributed by atoms with van der Waals surface area (Å²) in [6, 6.07) is 9.44. The Morgan fingerprint density at radius 1 is 0.750 bits per heavy atom. The average Bonchev–Trinajstić information content (AvgIpc) is 2.69. The number of hydrogen-bond donors (Lipinski definition) is 0. The highest BCUT2D eigenvalue weighted by molar-refractivity contribution is 5.74. The first kappa shape index (κ1) is 22.1. The number of halogens is 2. The molecule has 0 aliphatic rings. The molecule has 0 radical (unpaired) electrons. The van der Waals surface area contributed by atoms with E-state index >= 15 is 0 Å². The molecule has 0 amide bonds. The maximum absolute atomic E-state index is 13.2. The standard InChI is InChI=1S/2C11H8FNO/c2*1-8-10(7-13)5-9(3-2-4-14)6-11(8)12/h2*2-6H,1H3/b2*3-2+. The highest BCUT2D eigenvalue weighted by atomic mass is 19.1. The van der Waals surface area contributed by atoms with Crippen LogP contribution in [0.3, 0.4) is 0 Å². The summed E-state index contributed by atoms with van der Waals surface area (Å²) in [5, 5.41) is 17.4. The van der Waals surface area contributed by atoms with Crippen molar-refractivity contribution in [2.75, 3.05) is 0 Å². The van der Waals surface area contributed by atoms with Crippen molar-refractivity contribution in [1.82, 2.24) is 0 Å². The summed E-state index contributed by atoms with van der Waals surface area (Å²) in [6.45, 7) is 3.09. The molecule has 0 aliphatic heterocycles. The van der Waals surface area contributed by atoms with Crippen LogP contribution in [0.4, 0.5) is 8.78 Å². The Morgan fingerprint density at radius 3 is 1.39 bits per heavy atom. The minimum atomic E-state index is -0.436. The predicted molar refractivity (Wildman–Crippen MR) is 102 cm³/mol. The maximum Gasteiger partial charge on any atom is 0.142 e. The van der Waals surface area contributed by atoms with Crippen LogP contribution in [0, 0.1) is 48.1 Å². The molecule has 6 heteroatoms. The SMILES string of the molecule is Cc1c(F)cc(/C=C/C=O)cc1C#N.Cc1c(F)cc(/C=C/C=O)cc1C#N. The van der Waals surface area contributed by atoms with Gasteiger partial charge in [-0.1, -0.05) is 12.2 Å². The summed E-state index contributed by atoms with van der Waals surface area (Å²) in [5.41, 5.74) is 2.26. The summed E-state index contributed by atoms with van der Waals surface area (Å²) in [7, 11) is 0. The second-order valence-corrected chi connectivity index (χ2v) is 5.56. The van der Waals surface area contributed by atoms with Gasteiger partial charge in [0.05, 0.1) is 23.3 Å². The molecule has 0 unspecified atom stereocenters. The van der Waals surface area contributed by atoms with E-state index in [1.165, 1.54) is 36.4 Å². The van der Waals surface area contributed by atoms with Gasteiger partial charge in [-0.3, -0.25) is 9.59 Å². The summed E-state index contributed by atoms with van der Waals surface area (Å²) in [5.74, 6) is -0.871. The molecule has 0 heterocycles. The zero-order chi connectivity index (χ0) is 21.1. The fraction of sp³-hybridized carbons (Fsp3) is 0.0909. The predicted octanol–water partition coefficient (Wildman–Crippen LogP) is 4.44. The molecule has 0 saturated heterocycles. The van der Waals surface area contributed by atoms with Gasteiger partial charge >= 0.3 is 0 Å². The Balaban J connectivity index is 0.000000280. The Bertz CT molecular complexity index is 943. The van der Waals surface area contributed by atoms with Crippen LogP contribution in [0.25, 0.3) is 12.2 Å². The molecule has 0 fully saturated rings. The Hall–Kier alpha value is -3.90. The first-order chi connectivity index (χ1) is 13.4. The number of carbonyl (C=O) groups is 2. The van der Waals surface area contributed by atoms with E-state index in [1.54, 1.807) is 26.0 Å². The Morgan fingerprint density at radius 2 is 1.11 bits per heavy atom. The minimum absolute atomic E-state index is 0.288. The third-order valence-electron chi connectivity index (χ3n) is 3.71. The van der Waals surface area contributed by atoms with E-state index in [4.69, 9.17) is 10.5 Å². The topological polar surface area (TPSA) is 81.7 Å². The summed E-state index contributed by atoms with van der Waals surface area (Å²) in [6.07, 6.45) is 6.62. The number of rotatable bonds is 4. The second kappa shape index (κ2) is 10.9. The maximum atomic E-state index is 13.2. The molecule has 140 valence electrons. The van der Waals surface area contributed by atoms with Crippen LogP contribution in [-0.2, 0) is 9.59 Å². The highest BCUT2D eigenvalue weighted by Crippen LogP contribution is 2.16. The van der Waals surface area contributed by atoms with E-state index < -0.39 is 11.6 Å².